The molecule has 4 nitrogen and oxygen atoms in total. The fraction of sp³-hybridized carbons (Fsp3) is 0.750. The lowest BCUT2D eigenvalue weighted by atomic mass is 9.79. The van der Waals surface area contributed by atoms with Crippen molar-refractivity contribution in [1.29, 1.82) is 5.26 Å². The van der Waals surface area contributed by atoms with Crippen LogP contribution in [-0.2, 0) is 9.47 Å². The van der Waals surface area contributed by atoms with E-state index in [2.05, 4.69) is 18.0 Å². The minimum Gasteiger partial charge on any atom is -0.348 e. The maximum absolute atomic E-state index is 9.27. The van der Waals surface area contributed by atoms with E-state index in [9.17, 15) is 5.26 Å². The maximum Gasteiger partial charge on any atom is 0.168 e. The van der Waals surface area contributed by atoms with Crippen molar-refractivity contribution in [2.45, 2.75) is 37.0 Å². The summed E-state index contributed by atoms with van der Waals surface area (Å²) in [6.45, 7) is 5.69. The molecular formula is C12H18N2O2. The van der Waals surface area contributed by atoms with E-state index in [0.717, 1.165) is 25.7 Å². The van der Waals surface area contributed by atoms with Crippen LogP contribution >= 0.6 is 0 Å². The molecule has 2 fully saturated rings. The van der Waals surface area contributed by atoms with Crippen molar-refractivity contribution in [1.82, 2.24) is 5.32 Å². The molecule has 1 heterocycles. The van der Waals surface area contributed by atoms with Gasteiger partial charge in [-0.2, -0.15) is 5.26 Å². The Morgan fingerprint density at radius 2 is 1.88 bits per heavy atom. The predicted molar refractivity (Wildman–Crippen MR) is 59.6 cm³/mol. The van der Waals surface area contributed by atoms with Gasteiger partial charge in [0, 0.05) is 19.4 Å². The van der Waals surface area contributed by atoms with Crippen LogP contribution in [0.5, 0.6) is 0 Å². The second kappa shape index (κ2) is 4.54. The van der Waals surface area contributed by atoms with Gasteiger partial charge in [0.2, 0.25) is 0 Å². The van der Waals surface area contributed by atoms with E-state index in [0.29, 0.717) is 19.8 Å². The molecule has 1 aliphatic heterocycles. The van der Waals surface area contributed by atoms with E-state index in [1.165, 1.54) is 0 Å². The van der Waals surface area contributed by atoms with Crippen LogP contribution in [0.15, 0.2) is 12.7 Å². The summed E-state index contributed by atoms with van der Waals surface area (Å²) in [4.78, 5) is 0. The molecule has 1 saturated heterocycles. The zero-order chi connectivity index (χ0) is 11.5. The number of hydrogen-bond acceptors (Lipinski definition) is 4. The molecule has 0 aromatic rings. The van der Waals surface area contributed by atoms with Crippen molar-refractivity contribution in [3.63, 3.8) is 0 Å². The van der Waals surface area contributed by atoms with Gasteiger partial charge in [0.1, 0.15) is 5.54 Å². The number of nitriles is 1. The third kappa shape index (κ3) is 2.12. The summed E-state index contributed by atoms with van der Waals surface area (Å²) in [5.74, 6) is -0.393. The first-order valence-corrected chi connectivity index (χ1v) is 5.79. The molecule has 1 spiro atoms. The van der Waals surface area contributed by atoms with Gasteiger partial charge in [0.15, 0.2) is 5.79 Å². The van der Waals surface area contributed by atoms with Crippen molar-refractivity contribution >= 4 is 0 Å². The predicted octanol–water partition coefficient (Wildman–Crippen LogP) is 1.34. The molecule has 0 amide bonds. The van der Waals surface area contributed by atoms with Gasteiger partial charge in [-0.15, -0.1) is 6.58 Å². The van der Waals surface area contributed by atoms with Gasteiger partial charge in [0.05, 0.1) is 19.3 Å². The van der Waals surface area contributed by atoms with Crippen molar-refractivity contribution in [2.75, 3.05) is 19.8 Å². The van der Waals surface area contributed by atoms with E-state index >= 15 is 0 Å². The van der Waals surface area contributed by atoms with Gasteiger partial charge in [-0.05, 0) is 12.8 Å². The number of nitrogens with zero attached hydrogens (tertiary/aromatic N) is 1. The zero-order valence-corrected chi connectivity index (χ0v) is 9.50. The summed E-state index contributed by atoms with van der Waals surface area (Å²) >= 11 is 0. The standard InChI is InChI=1S/C12H18N2O2/c1-2-7-14-11(10-13)3-5-12(6-4-11)15-8-9-16-12/h2,14H,1,3-9H2. The van der Waals surface area contributed by atoms with Gasteiger partial charge in [-0.1, -0.05) is 6.08 Å². The monoisotopic (exact) mass is 222 g/mol. The van der Waals surface area contributed by atoms with Crippen LogP contribution in [0, 0.1) is 11.3 Å². The lowest BCUT2D eigenvalue weighted by molar-refractivity contribution is -0.183. The van der Waals surface area contributed by atoms with Crippen LogP contribution in [0.1, 0.15) is 25.7 Å². The van der Waals surface area contributed by atoms with Gasteiger partial charge in [-0.25, -0.2) is 0 Å². The van der Waals surface area contributed by atoms with Crippen LogP contribution < -0.4 is 5.32 Å². The molecule has 4 heteroatoms. The Hall–Kier alpha value is -0.890. The Morgan fingerprint density at radius 1 is 1.25 bits per heavy atom. The van der Waals surface area contributed by atoms with E-state index in [1.807, 2.05) is 0 Å². The fourth-order valence-corrected chi connectivity index (χ4v) is 2.44. The Kier molecular flexibility index (Phi) is 3.29. The first-order valence-electron chi connectivity index (χ1n) is 5.79. The maximum atomic E-state index is 9.27. The summed E-state index contributed by atoms with van der Waals surface area (Å²) in [5, 5.41) is 12.5. The van der Waals surface area contributed by atoms with Crippen LogP contribution in [-0.4, -0.2) is 31.1 Å². The summed E-state index contributed by atoms with van der Waals surface area (Å²) in [6, 6.07) is 2.39. The van der Waals surface area contributed by atoms with Crippen molar-refractivity contribution in [3.8, 4) is 6.07 Å². The third-order valence-electron chi connectivity index (χ3n) is 3.48. The van der Waals surface area contributed by atoms with Gasteiger partial charge in [0.25, 0.3) is 0 Å². The molecule has 0 bridgehead atoms. The average molecular weight is 222 g/mol. The number of ether oxygens (including phenoxy) is 2. The number of nitrogens with one attached hydrogen (secondary N) is 1. The minimum absolute atomic E-state index is 0.393. The molecular weight excluding hydrogens is 204 g/mol. The molecule has 16 heavy (non-hydrogen) atoms. The second-order valence-electron chi connectivity index (χ2n) is 4.47. The Balaban J connectivity index is 1.96. The Morgan fingerprint density at radius 3 is 2.38 bits per heavy atom. The Bertz CT molecular complexity index is 293. The number of hydrogen-bond donors (Lipinski definition) is 1. The summed E-state index contributed by atoms with van der Waals surface area (Å²) in [6.07, 6.45) is 4.93. The smallest absolute Gasteiger partial charge is 0.168 e. The molecule has 1 N–H and O–H groups in total. The molecule has 2 rings (SSSR count). The molecule has 1 aliphatic carbocycles. The lowest BCUT2D eigenvalue weighted by Crippen LogP contribution is -2.51. The van der Waals surface area contributed by atoms with E-state index in [1.54, 1.807) is 6.08 Å². The molecule has 0 unspecified atom stereocenters. The summed E-state index contributed by atoms with van der Waals surface area (Å²) in [5.41, 5.74) is -0.422. The molecule has 0 atom stereocenters. The molecule has 1 saturated carbocycles. The highest BCUT2D eigenvalue weighted by atomic mass is 16.7. The average Bonchev–Trinajstić information content (AvgIpc) is 2.78. The molecule has 0 aromatic heterocycles. The first-order chi connectivity index (χ1) is 7.74. The van der Waals surface area contributed by atoms with Gasteiger partial charge >= 0.3 is 0 Å². The SMILES string of the molecule is C=CCNC1(C#N)CCC2(CC1)OCCO2. The quantitative estimate of drug-likeness (QED) is 0.732. The fourth-order valence-electron chi connectivity index (χ4n) is 2.44. The molecule has 0 aromatic carbocycles. The molecule has 0 radical (unpaired) electrons. The van der Waals surface area contributed by atoms with Gasteiger partial charge < -0.3 is 9.47 Å². The van der Waals surface area contributed by atoms with Gasteiger partial charge in [-0.3, -0.25) is 5.32 Å². The molecule has 2 aliphatic rings. The summed E-state index contributed by atoms with van der Waals surface area (Å²) < 4.78 is 11.3. The largest absolute Gasteiger partial charge is 0.348 e. The van der Waals surface area contributed by atoms with Crippen LogP contribution in [0.25, 0.3) is 0 Å². The first kappa shape index (κ1) is 11.6. The topological polar surface area (TPSA) is 54.3 Å². The van der Waals surface area contributed by atoms with E-state index in [-0.39, 0.29) is 0 Å². The van der Waals surface area contributed by atoms with Crippen molar-refractivity contribution in [2.24, 2.45) is 0 Å². The minimum atomic E-state index is -0.422. The van der Waals surface area contributed by atoms with Crippen LogP contribution in [0.4, 0.5) is 0 Å². The normalized spacial score (nSPS) is 26.4. The lowest BCUT2D eigenvalue weighted by Gasteiger charge is -2.40. The second-order valence-corrected chi connectivity index (χ2v) is 4.47. The van der Waals surface area contributed by atoms with Crippen LogP contribution in [0.3, 0.4) is 0 Å². The highest BCUT2D eigenvalue weighted by Gasteiger charge is 2.46. The van der Waals surface area contributed by atoms with E-state index < -0.39 is 11.3 Å². The molecule has 88 valence electrons. The highest BCUT2D eigenvalue weighted by molar-refractivity contribution is 5.11. The number of rotatable bonds is 3. The zero-order valence-electron chi connectivity index (χ0n) is 9.50. The van der Waals surface area contributed by atoms with E-state index in [4.69, 9.17) is 9.47 Å². The highest BCUT2D eigenvalue weighted by Crippen LogP contribution is 2.39. The van der Waals surface area contributed by atoms with Crippen LogP contribution in [0.2, 0.25) is 0 Å². The third-order valence-corrected chi connectivity index (χ3v) is 3.48. The summed E-state index contributed by atoms with van der Waals surface area (Å²) in [7, 11) is 0. The van der Waals surface area contributed by atoms with Crippen molar-refractivity contribution in [3.05, 3.63) is 12.7 Å². The van der Waals surface area contributed by atoms with Crippen molar-refractivity contribution < 1.29 is 9.47 Å². The Labute approximate surface area is 96.2 Å².